The van der Waals surface area contributed by atoms with Crippen LogP contribution in [0.1, 0.15) is 32.6 Å². The average molecular weight is 327 g/mol. The molecule has 0 radical (unpaired) electrons. The largest absolute Gasteiger partial charge is 0.360 e. The molecule has 0 saturated heterocycles. The first-order chi connectivity index (χ1) is 8.63. The van der Waals surface area contributed by atoms with Gasteiger partial charge < -0.3 is 10.6 Å². The Kier molecular flexibility index (Phi) is 5.01. The van der Waals surface area contributed by atoms with E-state index >= 15 is 0 Å². The van der Waals surface area contributed by atoms with Gasteiger partial charge in [-0.05, 0) is 68.1 Å². The van der Waals surface area contributed by atoms with Crippen molar-refractivity contribution in [1.29, 1.82) is 0 Å². The Morgan fingerprint density at radius 3 is 2.39 bits per heavy atom. The number of nitrogens with one attached hydrogen (secondary N) is 2. The third-order valence-electron chi connectivity index (χ3n) is 3.45. The second kappa shape index (κ2) is 6.53. The smallest absolute Gasteiger partial charge is 0.170 e. The number of thiocarbonyl (C=S) groups is 1. The highest BCUT2D eigenvalue weighted by molar-refractivity contribution is 9.10. The van der Waals surface area contributed by atoms with Crippen molar-refractivity contribution in [3.63, 3.8) is 0 Å². The van der Waals surface area contributed by atoms with Gasteiger partial charge in [-0.25, -0.2) is 0 Å². The summed E-state index contributed by atoms with van der Waals surface area (Å²) in [6.07, 6.45) is 5.06. The summed E-state index contributed by atoms with van der Waals surface area (Å²) in [7, 11) is 0. The second-order valence-electron chi connectivity index (χ2n) is 5.06. The Balaban J connectivity index is 1.80. The summed E-state index contributed by atoms with van der Waals surface area (Å²) < 4.78 is 1.08. The molecule has 1 aliphatic rings. The van der Waals surface area contributed by atoms with Crippen LogP contribution in [0.15, 0.2) is 28.7 Å². The molecule has 2 nitrogen and oxygen atoms in total. The van der Waals surface area contributed by atoms with Gasteiger partial charge in [0.2, 0.25) is 0 Å². The van der Waals surface area contributed by atoms with Crippen LogP contribution >= 0.6 is 28.1 Å². The lowest BCUT2D eigenvalue weighted by Gasteiger charge is -2.28. The van der Waals surface area contributed by atoms with E-state index in [1.807, 2.05) is 24.3 Å². The molecule has 2 N–H and O–H groups in total. The van der Waals surface area contributed by atoms with Crippen LogP contribution in [0.2, 0.25) is 0 Å². The maximum Gasteiger partial charge on any atom is 0.170 e. The lowest BCUT2D eigenvalue weighted by atomic mass is 9.87. The summed E-state index contributed by atoms with van der Waals surface area (Å²) in [5.41, 5.74) is 1.03. The fourth-order valence-corrected chi connectivity index (χ4v) is 2.84. The Morgan fingerprint density at radius 2 is 1.78 bits per heavy atom. The highest BCUT2D eigenvalue weighted by atomic mass is 79.9. The van der Waals surface area contributed by atoms with E-state index in [1.165, 1.54) is 25.7 Å². The van der Waals surface area contributed by atoms with Crippen molar-refractivity contribution in [3.05, 3.63) is 28.7 Å². The first-order valence-electron chi connectivity index (χ1n) is 6.46. The maximum absolute atomic E-state index is 5.35. The molecule has 0 spiro atoms. The number of rotatable bonds is 2. The summed E-state index contributed by atoms with van der Waals surface area (Å²) in [6, 6.07) is 8.58. The SMILES string of the molecule is CC1CCC(NC(=S)Nc2ccc(Br)cc2)CC1. The molecule has 0 bridgehead atoms. The standard InChI is InChI=1S/C14H19BrN2S/c1-10-2-6-12(7-3-10)16-14(18)17-13-8-4-11(15)5-9-13/h4-5,8-10,12H,2-3,6-7H2,1H3,(H2,16,17,18). The Hall–Kier alpha value is -0.610. The topological polar surface area (TPSA) is 24.1 Å². The van der Waals surface area contributed by atoms with E-state index < -0.39 is 0 Å². The second-order valence-corrected chi connectivity index (χ2v) is 6.39. The quantitative estimate of drug-likeness (QED) is 0.792. The molecule has 18 heavy (non-hydrogen) atoms. The van der Waals surface area contributed by atoms with Crippen LogP contribution in [0.3, 0.4) is 0 Å². The first kappa shape index (κ1) is 13.8. The number of benzene rings is 1. The molecule has 98 valence electrons. The number of hydrogen-bond donors (Lipinski definition) is 2. The van der Waals surface area contributed by atoms with Gasteiger partial charge >= 0.3 is 0 Å². The molecule has 4 heteroatoms. The molecule has 0 heterocycles. The van der Waals surface area contributed by atoms with Crippen LogP contribution in [0.25, 0.3) is 0 Å². The van der Waals surface area contributed by atoms with Crippen molar-refractivity contribution in [1.82, 2.24) is 5.32 Å². The zero-order valence-corrected chi connectivity index (χ0v) is 13.0. The van der Waals surface area contributed by atoms with Gasteiger partial charge in [0.25, 0.3) is 0 Å². The maximum atomic E-state index is 5.35. The normalized spacial score (nSPS) is 23.4. The monoisotopic (exact) mass is 326 g/mol. The Bertz CT molecular complexity index is 397. The molecule has 0 aliphatic heterocycles. The molecule has 1 saturated carbocycles. The van der Waals surface area contributed by atoms with Crippen LogP contribution in [-0.4, -0.2) is 11.2 Å². The van der Waals surface area contributed by atoms with Gasteiger partial charge in [0.1, 0.15) is 0 Å². The van der Waals surface area contributed by atoms with Crippen molar-refractivity contribution in [3.8, 4) is 0 Å². The van der Waals surface area contributed by atoms with Gasteiger partial charge in [-0.2, -0.15) is 0 Å². The van der Waals surface area contributed by atoms with E-state index in [2.05, 4.69) is 33.5 Å². The number of halogens is 1. The van der Waals surface area contributed by atoms with Gasteiger partial charge in [-0.15, -0.1) is 0 Å². The van der Waals surface area contributed by atoms with E-state index in [9.17, 15) is 0 Å². The van der Waals surface area contributed by atoms with Crippen molar-refractivity contribution in [2.75, 3.05) is 5.32 Å². The van der Waals surface area contributed by atoms with Crippen LogP contribution in [-0.2, 0) is 0 Å². The highest BCUT2D eigenvalue weighted by Gasteiger charge is 2.18. The van der Waals surface area contributed by atoms with Gasteiger partial charge in [0, 0.05) is 16.2 Å². The number of anilines is 1. The molecule has 0 amide bonds. The lowest BCUT2D eigenvalue weighted by Crippen LogP contribution is -2.39. The summed E-state index contributed by atoms with van der Waals surface area (Å²) >= 11 is 8.77. The van der Waals surface area contributed by atoms with Gasteiger partial charge in [0.15, 0.2) is 5.11 Å². The molecule has 0 aromatic heterocycles. The molecular formula is C14H19BrN2S. The third-order valence-corrected chi connectivity index (χ3v) is 4.20. The zero-order chi connectivity index (χ0) is 13.0. The van der Waals surface area contributed by atoms with Crippen molar-refractivity contribution >= 4 is 38.9 Å². The fourth-order valence-electron chi connectivity index (χ4n) is 2.29. The summed E-state index contributed by atoms with van der Waals surface area (Å²) in [5, 5.41) is 7.37. The molecule has 1 aromatic carbocycles. The van der Waals surface area contributed by atoms with Crippen LogP contribution in [0, 0.1) is 5.92 Å². The minimum absolute atomic E-state index is 0.539. The fraction of sp³-hybridized carbons (Fsp3) is 0.500. The molecule has 2 rings (SSSR count). The molecule has 1 aromatic rings. The predicted molar refractivity (Wildman–Crippen MR) is 84.9 cm³/mol. The summed E-state index contributed by atoms with van der Waals surface area (Å²) in [4.78, 5) is 0. The van der Waals surface area contributed by atoms with Crippen molar-refractivity contribution in [2.45, 2.75) is 38.6 Å². The van der Waals surface area contributed by atoms with Gasteiger partial charge in [-0.1, -0.05) is 22.9 Å². The third kappa shape index (κ3) is 4.25. The lowest BCUT2D eigenvalue weighted by molar-refractivity contribution is 0.332. The van der Waals surface area contributed by atoms with E-state index in [4.69, 9.17) is 12.2 Å². The Morgan fingerprint density at radius 1 is 1.17 bits per heavy atom. The van der Waals surface area contributed by atoms with Crippen molar-refractivity contribution < 1.29 is 0 Å². The molecular weight excluding hydrogens is 308 g/mol. The predicted octanol–water partition coefficient (Wildman–Crippen LogP) is 4.31. The zero-order valence-electron chi connectivity index (χ0n) is 10.6. The minimum Gasteiger partial charge on any atom is -0.360 e. The minimum atomic E-state index is 0.539. The van der Waals surface area contributed by atoms with Crippen LogP contribution < -0.4 is 10.6 Å². The number of hydrogen-bond acceptors (Lipinski definition) is 1. The molecule has 1 fully saturated rings. The molecule has 0 unspecified atom stereocenters. The van der Waals surface area contributed by atoms with E-state index in [0.29, 0.717) is 6.04 Å². The van der Waals surface area contributed by atoms with E-state index in [-0.39, 0.29) is 0 Å². The Labute approximate surface area is 123 Å². The van der Waals surface area contributed by atoms with Crippen LogP contribution in [0.5, 0.6) is 0 Å². The van der Waals surface area contributed by atoms with Crippen LogP contribution in [0.4, 0.5) is 5.69 Å². The van der Waals surface area contributed by atoms with Gasteiger partial charge in [0.05, 0.1) is 0 Å². The van der Waals surface area contributed by atoms with E-state index in [1.54, 1.807) is 0 Å². The molecule has 0 atom stereocenters. The first-order valence-corrected chi connectivity index (χ1v) is 7.66. The summed E-state index contributed by atoms with van der Waals surface area (Å²) in [6.45, 7) is 2.33. The van der Waals surface area contributed by atoms with Crippen molar-refractivity contribution in [2.24, 2.45) is 5.92 Å². The summed E-state index contributed by atoms with van der Waals surface area (Å²) in [5.74, 6) is 0.871. The molecule has 1 aliphatic carbocycles. The average Bonchev–Trinajstić information content (AvgIpc) is 2.35. The van der Waals surface area contributed by atoms with E-state index in [0.717, 1.165) is 21.2 Å². The highest BCUT2D eigenvalue weighted by Crippen LogP contribution is 2.23. The van der Waals surface area contributed by atoms with Gasteiger partial charge in [-0.3, -0.25) is 0 Å².